The van der Waals surface area contributed by atoms with E-state index >= 15 is 0 Å². The van der Waals surface area contributed by atoms with E-state index in [2.05, 4.69) is 16.7 Å². The average molecular weight is 501 g/mol. The molecule has 6 nitrogen and oxygen atoms in total. The van der Waals surface area contributed by atoms with Gasteiger partial charge in [0.15, 0.2) is 0 Å². The molecule has 35 heavy (non-hydrogen) atoms. The van der Waals surface area contributed by atoms with Crippen LogP contribution in [-0.2, 0) is 16.6 Å². The molecule has 0 amide bonds. The van der Waals surface area contributed by atoms with E-state index in [9.17, 15) is 17.9 Å². The number of hydrogen-bond donors (Lipinski definition) is 1. The minimum absolute atomic E-state index is 0.0906. The van der Waals surface area contributed by atoms with Gasteiger partial charge in [-0.05, 0) is 62.7 Å². The molecule has 0 bridgehead atoms. The van der Waals surface area contributed by atoms with Crippen molar-refractivity contribution in [3.05, 3.63) is 59.4 Å². The molecule has 0 saturated heterocycles. The number of rotatable bonds is 6. The molecule has 188 valence electrons. The summed E-state index contributed by atoms with van der Waals surface area (Å²) < 4.78 is 48.2. The van der Waals surface area contributed by atoms with Gasteiger partial charge in [0.2, 0.25) is 10.0 Å². The second-order valence-electron chi connectivity index (χ2n) is 9.77. The van der Waals surface area contributed by atoms with Crippen LogP contribution >= 0.6 is 0 Å². The summed E-state index contributed by atoms with van der Waals surface area (Å²) in [6.45, 7) is 4.76. The summed E-state index contributed by atoms with van der Waals surface area (Å²) >= 11 is 0. The Balaban J connectivity index is 1.65. The first-order valence-corrected chi connectivity index (χ1v) is 13.5. The number of hydrogen-bond acceptors (Lipinski definition) is 5. The monoisotopic (exact) mass is 500 g/mol. The molecule has 0 radical (unpaired) electrons. The third kappa shape index (κ3) is 6.22. The van der Waals surface area contributed by atoms with Gasteiger partial charge in [-0.1, -0.05) is 30.9 Å². The predicted molar refractivity (Wildman–Crippen MR) is 133 cm³/mol. The van der Waals surface area contributed by atoms with Crippen LogP contribution in [0.1, 0.15) is 37.8 Å². The van der Waals surface area contributed by atoms with Crippen molar-refractivity contribution in [3.63, 3.8) is 0 Å². The number of nitrogens with zero attached hydrogens (tertiary/aromatic N) is 2. The van der Waals surface area contributed by atoms with Crippen molar-refractivity contribution < 1.29 is 22.7 Å². The molecule has 0 spiro atoms. The zero-order valence-corrected chi connectivity index (χ0v) is 21.3. The summed E-state index contributed by atoms with van der Waals surface area (Å²) in [6, 6.07) is 10.8. The summed E-state index contributed by atoms with van der Waals surface area (Å²) in [4.78, 5) is 2.17. The average Bonchev–Trinajstić information content (AvgIpc) is 3.65. The molecule has 3 atom stereocenters. The molecule has 4 rings (SSSR count). The maximum absolute atomic E-state index is 13.6. The number of fused-ring (bicyclic) bond motifs is 1. The van der Waals surface area contributed by atoms with Crippen molar-refractivity contribution in [2.45, 2.75) is 50.3 Å². The molecule has 2 aromatic rings. The topological polar surface area (TPSA) is 70.1 Å². The number of sulfonamides is 1. The lowest BCUT2D eigenvalue weighted by Gasteiger charge is -2.37. The van der Waals surface area contributed by atoms with Crippen molar-refractivity contribution in [1.82, 2.24) is 9.21 Å². The van der Waals surface area contributed by atoms with Gasteiger partial charge in [0.25, 0.3) is 0 Å². The van der Waals surface area contributed by atoms with Crippen LogP contribution in [0.5, 0.6) is 5.75 Å². The van der Waals surface area contributed by atoms with Crippen molar-refractivity contribution in [2.75, 3.05) is 26.7 Å². The Morgan fingerprint density at radius 3 is 2.60 bits per heavy atom. The lowest BCUT2D eigenvalue weighted by Crippen LogP contribution is -2.49. The third-order valence-corrected chi connectivity index (χ3v) is 8.54. The highest BCUT2D eigenvalue weighted by atomic mass is 32.2. The SMILES string of the molecule is C[C@H]1CN([C@@H](C)CO)S(=O)(=O)c2ccc(C#CC3CC3)cc2O[C@H]1CN(C)Cc1ccc(F)cc1. The Kier molecular flexibility index (Phi) is 7.82. The van der Waals surface area contributed by atoms with Crippen LogP contribution in [0.2, 0.25) is 0 Å². The first-order chi connectivity index (χ1) is 16.7. The fraction of sp³-hybridized carbons (Fsp3) is 0.481. The van der Waals surface area contributed by atoms with Gasteiger partial charge in [-0.25, -0.2) is 12.8 Å². The van der Waals surface area contributed by atoms with E-state index in [-0.39, 0.29) is 41.6 Å². The molecule has 2 aromatic carbocycles. The molecule has 1 aliphatic carbocycles. The van der Waals surface area contributed by atoms with Crippen molar-refractivity contribution in [3.8, 4) is 17.6 Å². The number of aliphatic hydroxyl groups excluding tert-OH is 1. The molecule has 8 heteroatoms. The van der Waals surface area contributed by atoms with Crippen LogP contribution in [0.3, 0.4) is 0 Å². The fourth-order valence-corrected chi connectivity index (χ4v) is 6.03. The second-order valence-corrected chi connectivity index (χ2v) is 11.6. The van der Waals surface area contributed by atoms with E-state index in [1.165, 1.54) is 16.4 Å². The first kappa shape index (κ1) is 25.6. The number of likely N-dealkylation sites (N-methyl/N-ethyl adjacent to an activating group) is 1. The standard InChI is InChI=1S/C27H33FN2O4S/c1-19-15-30(20(2)18-31)35(32,33)27-13-10-22(7-6-21-4-5-21)14-25(27)34-26(19)17-29(3)16-23-8-11-24(28)12-9-23/h8-14,19-21,26,31H,4-5,15-18H2,1-3H3/t19-,20-,26-/m0/s1. The molecule has 1 N–H and O–H groups in total. The number of benzene rings is 2. The zero-order valence-electron chi connectivity index (χ0n) is 20.4. The summed E-state index contributed by atoms with van der Waals surface area (Å²) in [5.41, 5.74) is 1.70. The minimum atomic E-state index is -3.88. The van der Waals surface area contributed by atoms with Crippen molar-refractivity contribution in [1.29, 1.82) is 0 Å². The molecular formula is C27H33FN2O4S. The number of ether oxygens (including phenoxy) is 1. The summed E-state index contributed by atoms with van der Waals surface area (Å²) in [5.74, 6) is 6.65. The van der Waals surface area contributed by atoms with E-state index in [1.54, 1.807) is 37.3 Å². The van der Waals surface area contributed by atoms with Gasteiger partial charge >= 0.3 is 0 Å². The Bertz CT molecular complexity index is 1200. The largest absolute Gasteiger partial charge is 0.487 e. The van der Waals surface area contributed by atoms with Crippen LogP contribution in [0.15, 0.2) is 47.4 Å². The Morgan fingerprint density at radius 2 is 1.94 bits per heavy atom. The van der Waals surface area contributed by atoms with E-state index < -0.39 is 16.1 Å². The predicted octanol–water partition coefficient (Wildman–Crippen LogP) is 3.49. The Hall–Kier alpha value is -2.44. The van der Waals surface area contributed by atoms with E-state index in [1.807, 2.05) is 14.0 Å². The Morgan fingerprint density at radius 1 is 1.23 bits per heavy atom. The van der Waals surface area contributed by atoms with Crippen molar-refractivity contribution >= 4 is 10.0 Å². The van der Waals surface area contributed by atoms with E-state index in [0.717, 1.165) is 24.0 Å². The smallest absolute Gasteiger partial charge is 0.247 e. The molecular weight excluding hydrogens is 467 g/mol. The third-order valence-electron chi connectivity index (χ3n) is 6.52. The molecule has 0 unspecified atom stereocenters. The van der Waals surface area contributed by atoms with Gasteiger partial charge in [0.1, 0.15) is 22.6 Å². The molecule has 1 aliphatic heterocycles. The maximum atomic E-state index is 13.6. The molecule has 1 saturated carbocycles. The van der Waals surface area contributed by atoms with Gasteiger partial charge in [0, 0.05) is 43.1 Å². The summed E-state index contributed by atoms with van der Waals surface area (Å²) in [6.07, 6.45) is 1.91. The number of halogens is 1. The van der Waals surface area contributed by atoms with Gasteiger partial charge in [-0.15, -0.1) is 0 Å². The van der Waals surface area contributed by atoms with Crippen LogP contribution < -0.4 is 4.74 Å². The summed E-state index contributed by atoms with van der Waals surface area (Å²) in [7, 11) is -1.92. The van der Waals surface area contributed by atoms with Gasteiger partial charge in [0.05, 0.1) is 6.61 Å². The highest BCUT2D eigenvalue weighted by molar-refractivity contribution is 7.89. The molecule has 1 heterocycles. The normalized spacial score (nSPS) is 22.8. The lowest BCUT2D eigenvalue weighted by atomic mass is 10.0. The summed E-state index contributed by atoms with van der Waals surface area (Å²) in [5, 5.41) is 9.79. The van der Waals surface area contributed by atoms with E-state index in [4.69, 9.17) is 4.74 Å². The second kappa shape index (κ2) is 10.7. The van der Waals surface area contributed by atoms with Crippen molar-refractivity contribution in [2.24, 2.45) is 11.8 Å². The van der Waals surface area contributed by atoms with Gasteiger partial charge in [-0.2, -0.15) is 4.31 Å². The van der Waals surface area contributed by atoms with Crippen LogP contribution in [0, 0.1) is 29.5 Å². The zero-order chi connectivity index (χ0) is 25.2. The fourth-order valence-electron chi connectivity index (χ4n) is 4.21. The minimum Gasteiger partial charge on any atom is -0.487 e. The van der Waals surface area contributed by atoms with Crippen LogP contribution in [0.25, 0.3) is 0 Å². The molecule has 0 aromatic heterocycles. The highest BCUT2D eigenvalue weighted by Gasteiger charge is 2.38. The first-order valence-electron chi connectivity index (χ1n) is 12.1. The molecule has 2 aliphatic rings. The van der Waals surface area contributed by atoms with Gasteiger partial charge in [-0.3, -0.25) is 4.90 Å². The maximum Gasteiger partial charge on any atom is 0.247 e. The van der Waals surface area contributed by atoms with Crippen LogP contribution in [-0.4, -0.2) is 61.6 Å². The lowest BCUT2D eigenvalue weighted by molar-refractivity contribution is 0.0733. The quantitative estimate of drug-likeness (QED) is 0.615. The number of aliphatic hydroxyl groups is 1. The molecule has 1 fully saturated rings. The van der Waals surface area contributed by atoms with Crippen LogP contribution in [0.4, 0.5) is 4.39 Å². The van der Waals surface area contributed by atoms with Gasteiger partial charge < -0.3 is 9.84 Å². The highest BCUT2D eigenvalue weighted by Crippen LogP contribution is 2.34. The van der Waals surface area contributed by atoms with E-state index in [0.29, 0.717) is 19.0 Å². The Labute approximate surface area is 207 Å².